The van der Waals surface area contributed by atoms with Crippen LogP contribution in [0.2, 0.25) is 30.2 Å². The zero-order valence-electron chi connectivity index (χ0n) is 18.4. The first-order valence-electron chi connectivity index (χ1n) is 11.5. The van der Waals surface area contributed by atoms with E-state index in [1.54, 1.807) is 0 Å². The van der Waals surface area contributed by atoms with Crippen LogP contribution in [0.1, 0.15) is 85.5 Å². The van der Waals surface area contributed by atoms with E-state index in [2.05, 4.69) is 53.0 Å². The van der Waals surface area contributed by atoms with E-state index in [4.69, 9.17) is 4.43 Å². The second kappa shape index (κ2) is 11.7. The van der Waals surface area contributed by atoms with E-state index in [-0.39, 0.29) is 5.60 Å². The largest absolute Gasteiger partial charge is 0.407 e. The molecule has 26 heavy (non-hydrogen) atoms. The van der Waals surface area contributed by atoms with Gasteiger partial charge < -0.3 is 4.43 Å². The molecule has 1 heterocycles. The van der Waals surface area contributed by atoms with Crippen LogP contribution in [0.5, 0.6) is 0 Å². The Morgan fingerprint density at radius 2 is 1.19 bits per heavy atom. The molecule has 0 bridgehead atoms. The van der Waals surface area contributed by atoms with Crippen LogP contribution in [0.3, 0.4) is 0 Å². The molecule has 1 rings (SSSR count). The highest BCUT2D eigenvalue weighted by Gasteiger charge is 2.59. The molecule has 0 amide bonds. The van der Waals surface area contributed by atoms with E-state index >= 15 is 0 Å². The molecule has 0 unspecified atom stereocenters. The molecule has 1 saturated heterocycles. The van der Waals surface area contributed by atoms with Gasteiger partial charge in [0.15, 0.2) is 7.83 Å². The normalized spacial score (nSPS) is 20.6. The zero-order valence-corrected chi connectivity index (χ0v) is 20.4. The lowest BCUT2D eigenvalue weighted by Gasteiger charge is -2.57. The fourth-order valence-corrected chi connectivity index (χ4v) is 25.7. The molecule has 3 heteroatoms. The zero-order chi connectivity index (χ0) is 19.5. The number of hydrogen-bond acceptors (Lipinski definition) is 1. The SMILES string of the molecule is C=CC1(C=C)CC[Si](CCCC)(CCCC)[Si](CCCC)(CCCC)O1. The van der Waals surface area contributed by atoms with Crippen LogP contribution >= 0.6 is 0 Å². The number of hydrogen-bond donors (Lipinski definition) is 0. The molecule has 0 N–H and O–H groups in total. The Morgan fingerprint density at radius 1 is 0.769 bits per heavy atom. The van der Waals surface area contributed by atoms with Gasteiger partial charge in [0, 0.05) is 0 Å². The van der Waals surface area contributed by atoms with Gasteiger partial charge in [0.25, 0.3) is 0 Å². The third-order valence-electron chi connectivity index (χ3n) is 6.92. The van der Waals surface area contributed by atoms with E-state index in [0.717, 1.165) is 6.42 Å². The topological polar surface area (TPSA) is 9.23 Å². The van der Waals surface area contributed by atoms with Crippen molar-refractivity contribution in [3.63, 3.8) is 0 Å². The van der Waals surface area contributed by atoms with E-state index in [0.29, 0.717) is 0 Å². The van der Waals surface area contributed by atoms with Gasteiger partial charge in [0.05, 0.1) is 13.2 Å². The Morgan fingerprint density at radius 3 is 1.58 bits per heavy atom. The van der Waals surface area contributed by atoms with Crippen LogP contribution in [0.25, 0.3) is 0 Å². The molecule has 0 aromatic heterocycles. The number of unbranched alkanes of at least 4 members (excludes halogenated alkanes) is 4. The van der Waals surface area contributed by atoms with Gasteiger partial charge in [0.2, 0.25) is 0 Å². The lowest BCUT2D eigenvalue weighted by atomic mass is 10.0. The molecule has 0 aromatic rings. The minimum absolute atomic E-state index is 0.233. The summed E-state index contributed by atoms with van der Waals surface area (Å²) in [6.07, 6.45) is 16.1. The van der Waals surface area contributed by atoms with Gasteiger partial charge >= 0.3 is 0 Å². The van der Waals surface area contributed by atoms with Crippen molar-refractivity contribution in [3.05, 3.63) is 25.3 Å². The van der Waals surface area contributed by atoms with E-state index in [1.807, 2.05) is 0 Å². The molecule has 0 atom stereocenters. The summed E-state index contributed by atoms with van der Waals surface area (Å²) < 4.78 is 7.34. The lowest BCUT2D eigenvalue weighted by Crippen LogP contribution is -2.70. The van der Waals surface area contributed by atoms with Crippen molar-refractivity contribution >= 4 is 15.4 Å². The smallest absolute Gasteiger partial charge is 0.181 e. The standard InChI is InChI=1S/C23H46OSi2/c1-7-13-18-25(19-14-8-2)22-17-23(11-5,12-6)24-26(25,20-15-9-3)21-16-10-4/h11-12H,5-10,13-22H2,1-4H3. The Labute approximate surface area is 166 Å². The van der Waals surface area contributed by atoms with Gasteiger partial charge in [-0.3, -0.25) is 0 Å². The molecule has 0 saturated carbocycles. The van der Waals surface area contributed by atoms with Crippen molar-refractivity contribution in [2.75, 3.05) is 0 Å². The maximum Gasteiger partial charge on any atom is 0.181 e. The maximum absolute atomic E-state index is 7.34. The summed E-state index contributed by atoms with van der Waals surface area (Å²) in [7, 11) is -3.14. The fourth-order valence-electron chi connectivity index (χ4n) is 5.10. The predicted molar refractivity (Wildman–Crippen MR) is 124 cm³/mol. The van der Waals surface area contributed by atoms with Crippen molar-refractivity contribution in [2.45, 2.75) is 121 Å². The number of rotatable bonds is 14. The predicted octanol–water partition coefficient (Wildman–Crippen LogP) is 8.19. The first-order valence-corrected chi connectivity index (χ1v) is 17.4. The molecular weight excluding hydrogens is 348 g/mol. The van der Waals surface area contributed by atoms with Crippen molar-refractivity contribution < 1.29 is 4.43 Å². The third kappa shape index (κ3) is 5.45. The van der Waals surface area contributed by atoms with Gasteiger partial charge in [-0.15, -0.1) is 0 Å². The molecule has 1 nitrogen and oxygen atoms in total. The van der Waals surface area contributed by atoms with Gasteiger partial charge in [-0.25, -0.2) is 0 Å². The van der Waals surface area contributed by atoms with E-state index < -0.39 is 15.4 Å². The van der Waals surface area contributed by atoms with Gasteiger partial charge in [-0.2, -0.15) is 0 Å². The van der Waals surface area contributed by atoms with Crippen LogP contribution in [-0.2, 0) is 4.43 Å². The highest BCUT2D eigenvalue weighted by Crippen LogP contribution is 2.50. The Kier molecular flexibility index (Phi) is 10.7. The molecule has 0 spiro atoms. The van der Waals surface area contributed by atoms with Crippen LogP contribution in [-0.4, -0.2) is 21.0 Å². The molecule has 1 aliphatic heterocycles. The van der Waals surface area contributed by atoms with Crippen molar-refractivity contribution in [1.82, 2.24) is 0 Å². The van der Waals surface area contributed by atoms with Gasteiger partial charge in [-0.05, 0) is 18.5 Å². The summed E-state index contributed by atoms with van der Waals surface area (Å²) in [4.78, 5) is 0. The van der Waals surface area contributed by atoms with Crippen molar-refractivity contribution in [1.29, 1.82) is 0 Å². The van der Waals surface area contributed by atoms with Crippen LogP contribution in [0.15, 0.2) is 25.3 Å². The third-order valence-corrected chi connectivity index (χ3v) is 25.6. The Hall–Kier alpha value is -0.126. The molecule has 0 aromatic carbocycles. The first kappa shape index (κ1) is 23.9. The molecule has 1 fully saturated rings. The molecule has 1 aliphatic rings. The monoisotopic (exact) mass is 394 g/mol. The van der Waals surface area contributed by atoms with Crippen LogP contribution in [0, 0.1) is 0 Å². The summed E-state index contributed by atoms with van der Waals surface area (Å²) in [5.41, 5.74) is -0.233. The quantitative estimate of drug-likeness (QED) is 0.213. The average Bonchev–Trinajstić information content (AvgIpc) is 2.68. The van der Waals surface area contributed by atoms with E-state index in [1.165, 1.54) is 81.6 Å². The second-order valence-corrected chi connectivity index (χ2v) is 21.8. The van der Waals surface area contributed by atoms with Crippen LogP contribution in [0.4, 0.5) is 0 Å². The van der Waals surface area contributed by atoms with Crippen molar-refractivity contribution in [2.24, 2.45) is 0 Å². The molecule has 0 aliphatic carbocycles. The fraction of sp³-hybridized carbons (Fsp3) is 0.826. The van der Waals surface area contributed by atoms with Crippen LogP contribution < -0.4 is 0 Å². The summed E-state index contributed by atoms with van der Waals surface area (Å²) in [6, 6.07) is 7.30. The molecular formula is C23H46OSi2. The minimum atomic E-state index is -1.76. The minimum Gasteiger partial charge on any atom is -0.407 e. The van der Waals surface area contributed by atoms with Crippen molar-refractivity contribution in [3.8, 4) is 0 Å². The summed E-state index contributed by atoms with van der Waals surface area (Å²) in [5, 5.41) is 0. The second-order valence-electron chi connectivity index (χ2n) is 8.65. The van der Waals surface area contributed by atoms with E-state index in [9.17, 15) is 0 Å². The highest BCUT2D eigenvalue weighted by molar-refractivity contribution is 7.40. The summed E-state index contributed by atoms with van der Waals surface area (Å²) in [5.74, 6) is 0. The highest BCUT2D eigenvalue weighted by atomic mass is 29.3. The Balaban J connectivity index is 3.37. The Bertz CT molecular complexity index is 394. The lowest BCUT2D eigenvalue weighted by molar-refractivity contribution is 0.148. The average molecular weight is 395 g/mol. The van der Waals surface area contributed by atoms with Gasteiger partial charge in [0.1, 0.15) is 0 Å². The molecule has 0 radical (unpaired) electrons. The first-order chi connectivity index (χ1) is 12.5. The summed E-state index contributed by atoms with van der Waals surface area (Å²) in [6.45, 7) is 17.8. The maximum atomic E-state index is 7.34. The van der Waals surface area contributed by atoms with Gasteiger partial charge in [-0.1, -0.05) is 123 Å². The molecule has 152 valence electrons. The summed E-state index contributed by atoms with van der Waals surface area (Å²) >= 11 is 0.